The molecule has 0 aliphatic carbocycles. The van der Waals surface area contributed by atoms with Crippen LogP contribution in [0.1, 0.15) is 33.8 Å². The molecule has 28 heavy (non-hydrogen) atoms. The quantitative estimate of drug-likeness (QED) is 0.482. The van der Waals surface area contributed by atoms with Crippen LogP contribution in [0.3, 0.4) is 0 Å². The summed E-state index contributed by atoms with van der Waals surface area (Å²) in [4.78, 5) is 16.6. The summed E-state index contributed by atoms with van der Waals surface area (Å²) in [6.45, 7) is 0.509. The van der Waals surface area contributed by atoms with Crippen molar-refractivity contribution in [1.82, 2.24) is 25.7 Å². The van der Waals surface area contributed by atoms with E-state index >= 15 is 0 Å². The van der Waals surface area contributed by atoms with Gasteiger partial charge in [-0.2, -0.15) is 10.3 Å². The van der Waals surface area contributed by atoms with Crippen LogP contribution < -0.4 is 11.1 Å². The molecule has 4 aromatic rings. The summed E-state index contributed by atoms with van der Waals surface area (Å²) in [7, 11) is 0. The van der Waals surface area contributed by atoms with Gasteiger partial charge in [0, 0.05) is 18.0 Å². The van der Waals surface area contributed by atoms with Gasteiger partial charge in [0.05, 0.1) is 0 Å². The van der Waals surface area contributed by atoms with Crippen molar-refractivity contribution in [3.05, 3.63) is 83.4 Å². The second-order valence-corrected chi connectivity index (χ2v) is 6.51. The third kappa shape index (κ3) is 3.68. The summed E-state index contributed by atoms with van der Waals surface area (Å²) in [6, 6.07) is 21.1. The molecule has 0 fully saturated rings. The molecule has 4 rings (SSSR count). The molecular formula is C21H20N6O. The molecule has 2 aromatic heterocycles. The average molecular weight is 372 g/mol. The molecule has 2 aromatic carbocycles. The van der Waals surface area contributed by atoms with E-state index in [0.717, 1.165) is 11.1 Å². The Bertz CT molecular complexity index is 1080. The monoisotopic (exact) mass is 372 g/mol. The number of carbonyl (C=O) groups is 1. The minimum Gasteiger partial charge on any atom is -0.384 e. The lowest BCUT2D eigenvalue weighted by molar-refractivity contribution is 0.0953. The number of rotatable bonds is 6. The number of H-pyrrole nitrogens is 1. The highest BCUT2D eigenvalue weighted by Crippen LogP contribution is 2.32. The van der Waals surface area contributed by atoms with E-state index in [1.165, 1.54) is 0 Å². The zero-order valence-electron chi connectivity index (χ0n) is 15.2. The zero-order valence-corrected chi connectivity index (χ0v) is 15.2. The van der Waals surface area contributed by atoms with Crippen LogP contribution in [0, 0.1) is 0 Å². The summed E-state index contributed by atoms with van der Waals surface area (Å²) in [5, 5.41) is 13.9. The van der Waals surface area contributed by atoms with Gasteiger partial charge < -0.3 is 11.1 Å². The fourth-order valence-corrected chi connectivity index (χ4v) is 3.35. The summed E-state index contributed by atoms with van der Waals surface area (Å²) in [6.07, 6.45) is 0.688. The topological polar surface area (TPSA) is 110 Å². The molecule has 140 valence electrons. The van der Waals surface area contributed by atoms with E-state index in [9.17, 15) is 4.79 Å². The van der Waals surface area contributed by atoms with Crippen LogP contribution in [-0.2, 0) is 0 Å². The Kier molecular flexibility index (Phi) is 4.97. The minimum absolute atomic E-state index is 0.00447. The number of anilines is 1. The lowest BCUT2D eigenvalue weighted by Crippen LogP contribution is -2.25. The molecule has 0 radical (unpaired) electrons. The van der Waals surface area contributed by atoms with Gasteiger partial charge in [0.2, 0.25) is 5.65 Å². The number of hydrogen-bond donors (Lipinski definition) is 3. The van der Waals surface area contributed by atoms with Crippen molar-refractivity contribution in [1.29, 1.82) is 0 Å². The number of nitrogens with two attached hydrogens (primary N) is 1. The summed E-state index contributed by atoms with van der Waals surface area (Å²) in [5.41, 5.74) is 9.87. The molecule has 7 nitrogen and oxygen atoms in total. The maximum atomic E-state index is 12.4. The fourth-order valence-electron chi connectivity index (χ4n) is 3.35. The molecule has 4 N–H and O–H groups in total. The first-order chi connectivity index (χ1) is 13.7. The van der Waals surface area contributed by atoms with Crippen molar-refractivity contribution < 1.29 is 4.79 Å². The van der Waals surface area contributed by atoms with E-state index in [4.69, 9.17) is 5.73 Å². The van der Waals surface area contributed by atoms with Crippen molar-refractivity contribution in [3.63, 3.8) is 0 Å². The summed E-state index contributed by atoms with van der Waals surface area (Å²) in [5.74, 6) is 0.300. The molecule has 0 saturated heterocycles. The Hall–Kier alpha value is -3.74. The van der Waals surface area contributed by atoms with Crippen molar-refractivity contribution in [2.24, 2.45) is 0 Å². The number of aromatic amines is 1. The van der Waals surface area contributed by atoms with E-state index < -0.39 is 0 Å². The number of nitrogens with one attached hydrogen (secondary N) is 2. The van der Waals surface area contributed by atoms with E-state index in [1.807, 2.05) is 42.5 Å². The number of aromatic nitrogens is 4. The Morgan fingerprint density at radius 3 is 2.50 bits per heavy atom. The van der Waals surface area contributed by atoms with Crippen molar-refractivity contribution in [2.45, 2.75) is 12.3 Å². The predicted octanol–water partition coefficient (Wildman–Crippen LogP) is 2.89. The molecular weight excluding hydrogens is 352 g/mol. The number of nitrogen functional groups attached to an aromatic ring is 1. The second kappa shape index (κ2) is 7.87. The van der Waals surface area contributed by atoms with Crippen LogP contribution in [0.4, 0.5) is 5.82 Å². The molecule has 0 saturated carbocycles. The van der Waals surface area contributed by atoms with Crippen LogP contribution in [0.15, 0.2) is 66.7 Å². The molecule has 1 unspecified atom stereocenters. The van der Waals surface area contributed by atoms with Crippen LogP contribution in [0.2, 0.25) is 0 Å². The molecule has 0 aliphatic rings. The first-order valence-corrected chi connectivity index (χ1v) is 9.07. The average Bonchev–Trinajstić information content (AvgIpc) is 3.20. The van der Waals surface area contributed by atoms with Gasteiger partial charge in [0.15, 0.2) is 0 Å². The van der Waals surface area contributed by atoms with Crippen molar-refractivity contribution in [3.8, 4) is 0 Å². The van der Waals surface area contributed by atoms with E-state index in [1.54, 1.807) is 12.1 Å². The number of benzene rings is 2. The van der Waals surface area contributed by atoms with Gasteiger partial charge >= 0.3 is 0 Å². The molecule has 0 bridgehead atoms. The molecule has 0 aliphatic heterocycles. The van der Waals surface area contributed by atoms with Crippen LogP contribution in [-0.4, -0.2) is 32.8 Å². The van der Waals surface area contributed by atoms with E-state index in [-0.39, 0.29) is 11.8 Å². The van der Waals surface area contributed by atoms with Crippen LogP contribution >= 0.6 is 0 Å². The Balaban J connectivity index is 1.60. The first kappa shape index (κ1) is 17.7. The maximum absolute atomic E-state index is 12.4. The molecule has 1 amide bonds. The van der Waals surface area contributed by atoms with E-state index in [0.29, 0.717) is 35.5 Å². The third-order valence-corrected chi connectivity index (χ3v) is 4.67. The third-order valence-electron chi connectivity index (χ3n) is 4.67. The molecule has 0 spiro atoms. The Labute approximate surface area is 162 Å². The largest absolute Gasteiger partial charge is 0.384 e. The van der Waals surface area contributed by atoms with Crippen LogP contribution in [0.25, 0.3) is 11.2 Å². The number of amides is 1. The number of carbonyl (C=O) groups excluding carboxylic acids is 1. The smallest absolute Gasteiger partial charge is 0.251 e. The highest BCUT2D eigenvalue weighted by molar-refractivity contribution is 5.94. The normalized spacial score (nSPS) is 12.0. The predicted molar refractivity (Wildman–Crippen MR) is 108 cm³/mol. The zero-order chi connectivity index (χ0) is 19.3. The fraction of sp³-hybridized carbons (Fsp3) is 0.143. The van der Waals surface area contributed by atoms with Gasteiger partial charge in [-0.25, -0.2) is 4.98 Å². The summed E-state index contributed by atoms with van der Waals surface area (Å²) >= 11 is 0. The number of fused-ring (bicyclic) bond motifs is 1. The van der Waals surface area contributed by atoms with Crippen molar-refractivity contribution in [2.75, 3.05) is 12.3 Å². The van der Waals surface area contributed by atoms with Gasteiger partial charge in [-0.3, -0.25) is 4.79 Å². The molecule has 1 atom stereocenters. The highest BCUT2D eigenvalue weighted by atomic mass is 16.1. The lowest BCUT2D eigenvalue weighted by atomic mass is 9.88. The molecule has 7 heteroatoms. The van der Waals surface area contributed by atoms with Crippen LogP contribution in [0.5, 0.6) is 0 Å². The van der Waals surface area contributed by atoms with Crippen molar-refractivity contribution >= 4 is 22.9 Å². The Morgan fingerprint density at radius 2 is 1.75 bits per heavy atom. The number of nitrogens with zero attached hydrogens (tertiary/aromatic N) is 3. The van der Waals surface area contributed by atoms with Gasteiger partial charge in [0.1, 0.15) is 11.3 Å². The second-order valence-electron chi connectivity index (χ2n) is 6.51. The van der Waals surface area contributed by atoms with E-state index in [2.05, 4.69) is 37.8 Å². The maximum Gasteiger partial charge on any atom is 0.251 e. The lowest BCUT2D eigenvalue weighted by Gasteiger charge is -2.19. The van der Waals surface area contributed by atoms with Gasteiger partial charge in [0.25, 0.3) is 5.91 Å². The summed E-state index contributed by atoms with van der Waals surface area (Å²) < 4.78 is 0. The SMILES string of the molecule is Nc1cc(C(CCNC(=O)c2ccccc2)c2ccccc2)c2n[nH]nc2n1. The molecule has 2 heterocycles. The number of hydrogen-bond acceptors (Lipinski definition) is 5. The van der Waals surface area contributed by atoms with Gasteiger partial charge in [-0.1, -0.05) is 48.5 Å². The van der Waals surface area contributed by atoms with Gasteiger partial charge in [-0.15, -0.1) is 5.10 Å². The highest BCUT2D eigenvalue weighted by Gasteiger charge is 2.20. The minimum atomic E-state index is -0.0896. The first-order valence-electron chi connectivity index (χ1n) is 9.07. The Morgan fingerprint density at radius 1 is 1.04 bits per heavy atom. The van der Waals surface area contributed by atoms with Gasteiger partial charge in [-0.05, 0) is 35.7 Å². The standard InChI is InChI=1S/C21H20N6O/c22-18-13-17(19-20(24-18)26-27-25-19)16(14-7-3-1-4-8-14)11-12-23-21(28)15-9-5-2-6-10-15/h1-10,13,16H,11-12H2,(H,23,28)(H3,22,24,25,26,27). The number of pyridine rings is 1.